The quantitative estimate of drug-likeness (QED) is 0.618. The number of nitro benzene ring substituents is 1. The Bertz CT molecular complexity index is 442. The Morgan fingerprint density at radius 1 is 1.29 bits per heavy atom. The lowest BCUT2D eigenvalue weighted by atomic mass is 10.1. The van der Waals surface area contributed by atoms with Crippen LogP contribution in [-0.4, -0.2) is 18.0 Å². The lowest BCUT2D eigenvalue weighted by molar-refractivity contribution is -0.385. The van der Waals surface area contributed by atoms with Crippen molar-refractivity contribution in [2.75, 3.05) is 18.0 Å². The summed E-state index contributed by atoms with van der Waals surface area (Å²) in [4.78, 5) is 12.8. The molecular weight excluding hydrogens is 284 g/mol. The molecule has 0 radical (unpaired) electrons. The standard InChI is InChI=1S/C12H15BrN2O2/c1-9-7-12(14-5-3-2-4-6-14)10(13)8-11(9)15(16)17/h7-8H,2-6H2,1H3. The second kappa shape index (κ2) is 5.04. The molecule has 1 aliphatic rings. The number of nitrogens with zero attached hydrogens (tertiary/aromatic N) is 2. The van der Waals surface area contributed by atoms with Crippen LogP contribution in [0.15, 0.2) is 16.6 Å². The summed E-state index contributed by atoms with van der Waals surface area (Å²) in [5.74, 6) is 0. The maximum atomic E-state index is 10.8. The van der Waals surface area contributed by atoms with Gasteiger partial charge >= 0.3 is 0 Å². The Balaban J connectivity index is 2.35. The molecule has 0 aromatic heterocycles. The predicted octanol–water partition coefficient (Wildman–Crippen LogP) is 3.66. The van der Waals surface area contributed by atoms with Crippen LogP contribution >= 0.6 is 15.9 Å². The SMILES string of the molecule is Cc1cc(N2CCCCC2)c(Br)cc1[N+](=O)[O-]. The van der Waals surface area contributed by atoms with Gasteiger partial charge < -0.3 is 4.90 Å². The van der Waals surface area contributed by atoms with Crippen molar-refractivity contribution in [2.45, 2.75) is 26.2 Å². The van der Waals surface area contributed by atoms with Crippen molar-refractivity contribution in [1.82, 2.24) is 0 Å². The van der Waals surface area contributed by atoms with E-state index in [1.165, 1.54) is 19.3 Å². The van der Waals surface area contributed by atoms with Crippen molar-refractivity contribution in [3.05, 3.63) is 32.3 Å². The summed E-state index contributed by atoms with van der Waals surface area (Å²) in [7, 11) is 0. The van der Waals surface area contributed by atoms with Gasteiger partial charge in [0.15, 0.2) is 0 Å². The highest BCUT2D eigenvalue weighted by Gasteiger charge is 2.18. The van der Waals surface area contributed by atoms with Gasteiger partial charge in [-0.3, -0.25) is 10.1 Å². The fraction of sp³-hybridized carbons (Fsp3) is 0.500. The van der Waals surface area contributed by atoms with Crippen molar-refractivity contribution >= 4 is 27.3 Å². The summed E-state index contributed by atoms with van der Waals surface area (Å²) in [6.07, 6.45) is 3.67. The molecule has 2 rings (SSSR count). The second-order valence-corrected chi connectivity index (χ2v) is 5.25. The Morgan fingerprint density at radius 2 is 1.94 bits per heavy atom. The number of benzene rings is 1. The van der Waals surface area contributed by atoms with Crippen molar-refractivity contribution in [2.24, 2.45) is 0 Å². The summed E-state index contributed by atoms with van der Waals surface area (Å²) in [5.41, 5.74) is 1.98. The monoisotopic (exact) mass is 298 g/mol. The van der Waals surface area contributed by atoms with Gasteiger partial charge in [-0.2, -0.15) is 0 Å². The fourth-order valence-corrected chi connectivity index (χ4v) is 2.81. The predicted molar refractivity (Wildman–Crippen MR) is 71.6 cm³/mol. The summed E-state index contributed by atoms with van der Waals surface area (Å²) >= 11 is 3.44. The molecule has 4 nitrogen and oxygen atoms in total. The minimum atomic E-state index is -0.333. The number of aryl methyl sites for hydroxylation is 1. The molecule has 1 heterocycles. The van der Waals surface area contributed by atoms with Crippen LogP contribution in [0.5, 0.6) is 0 Å². The lowest BCUT2D eigenvalue weighted by Gasteiger charge is -2.29. The van der Waals surface area contributed by atoms with Gasteiger partial charge in [0.1, 0.15) is 0 Å². The van der Waals surface area contributed by atoms with Crippen LogP contribution in [0, 0.1) is 17.0 Å². The van der Waals surface area contributed by atoms with Crippen molar-refractivity contribution in [3.8, 4) is 0 Å². The molecule has 0 bridgehead atoms. The first-order valence-electron chi connectivity index (χ1n) is 5.79. The van der Waals surface area contributed by atoms with E-state index in [4.69, 9.17) is 0 Å². The molecular formula is C12H15BrN2O2. The van der Waals surface area contributed by atoms with Crippen LogP contribution < -0.4 is 4.90 Å². The Hall–Kier alpha value is -1.10. The minimum absolute atomic E-state index is 0.178. The molecule has 1 saturated heterocycles. The molecule has 0 unspecified atom stereocenters. The second-order valence-electron chi connectivity index (χ2n) is 4.39. The molecule has 1 aromatic carbocycles. The van der Waals surface area contributed by atoms with E-state index in [1.807, 2.05) is 6.07 Å². The Morgan fingerprint density at radius 3 is 2.53 bits per heavy atom. The first-order valence-corrected chi connectivity index (χ1v) is 6.58. The van der Waals surface area contributed by atoms with E-state index in [0.717, 1.165) is 28.8 Å². The van der Waals surface area contributed by atoms with Crippen LogP contribution in [0.25, 0.3) is 0 Å². The van der Waals surface area contributed by atoms with E-state index >= 15 is 0 Å². The number of piperidine rings is 1. The number of halogens is 1. The normalized spacial score (nSPS) is 16.0. The van der Waals surface area contributed by atoms with Gasteiger partial charge in [-0.05, 0) is 48.2 Å². The average molecular weight is 299 g/mol. The van der Waals surface area contributed by atoms with Crippen LogP contribution in [-0.2, 0) is 0 Å². The summed E-state index contributed by atoms with van der Waals surface area (Å²) in [6, 6.07) is 3.52. The molecule has 17 heavy (non-hydrogen) atoms. The van der Waals surface area contributed by atoms with Gasteiger partial charge in [0, 0.05) is 29.2 Å². The van der Waals surface area contributed by atoms with E-state index < -0.39 is 0 Å². The zero-order valence-electron chi connectivity index (χ0n) is 9.78. The maximum absolute atomic E-state index is 10.8. The molecule has 0 atom stereocenters. The molecule has 92 valence electrons. The number of rotatable bonds is 2. The van der Waals surface area contributed by atoms with Gasteiger partial charge in [0.05, 0.1) is 10.6 Å². The van der Waals surface area contributed by atoms with Crippen LogP contribution in [0.2, 0.25) is 0 Å². The Kier molecular flexibility index (Phi) is 3.66. The first kappa shape index (κ1) is 12.4. The minimum Gasteiger partial charge on any atom is -0.371 e. The topological polar surface area (TPSA) is 46.4 Å². The van der Waals surface area contributed by atoms with Gasteiger partial charge in [-0.1, -0.05) is 0 Å². The maximum Gasteiger partial charge on any atom is 0.273 e. The third-order valence-corrected chi connectivity index (χ3v) is 3.79. The molecule has 0 aliphatic carbocycles. The fourth-order valence-electron chi connectivity index (χ4n) is 2.23. The van der Waals surface area contributed by atoms with E-state index in [0.29, 0.717) is 0 Å². The zero-order valence-corrected chi connectivity index (χ0v) is 11.4. The molecule has 1 aliphatic heterocycles. The highest BCUT2D eigenvalue weighted by molar-refractivity contribution is 9.10. The number of hydrogen-bond acceptors (Lipinski definition) is 3. The van der Waals surface area contributed by atoms with E-state index in [9.17, 15) is 10.1 Å². The molecule has 0 N–H and O–H groups in total. The third-order valence-electron chi connectivity index (χ3n) is 3.16. The van der Waals surface area contributed by atoms with Crippen LogP contribution in [0.3, 0.4) is 0 Å². The molecule has 0 spiro atoms. The van der Waals surface area contributed by atoms with E-state index in [-0.39, 0.29) is 10.6 Å². The average Bonchev–Trinajstić information content (AvgIpc) is 2.32. The smallest absolute Gasteiger partial charge is 0.273 e. The first-order chi connectivity index (χ1) is 8.09. The molecule has 0 amide bonds. The molecule has 5 heteroatoms. The van der Waals surface area contributed by atoms with Gasteiger partial charge in [0.2, 0.25) is 0 Å². The summed E-state index contributed by atoms with van der Waals surface area (Å²) < 4.78 is 0.816. The van der Waals surface area contributed by atoms with Gasteiger partial charge in [0.25, 0.3) is 5.69 Å². The van der Waals surface area contributed by atoms with Crippen LogP contribution in [0.1, 0.15) is 24.8 Å². The highest BCUT2D eigenvalue weighted by Crippen LogP contribution is 2.34. The largest absolute Gasteiger partial charge is 0.371 e. The van der Waals surface area contributed by atoms with Gasteiger partial charge in [-0.15, -0.1) is 0 Å². The lowest BCUT2D eigenvalue weighted by Crippen LogP contribution is -2.29. The highest BCUT2D eigenvalue weighted by atomic mass is 79.9. The van der Waals surface area contributed by atoms with Gasteiger partial charge in [-0.25, -0.2) is 0 Å². The van der Waals surface area contributed by atoms with Crippen molar-refractivity contribution in [3.63, 3.8) is 0 Å². The number of hydrogen-bond donors (Lipinski definition) is 0. The third kappa shape index (κ3) is 2.60. The van der Waals surface area contributed by atoms with Crippen molar-refractivity contribution < 1.29 is 4.92 Å². The van der Waals surface area contributed by atoms with Crippen molar-refractivity contribution in [1.29, 1.82) is 0 Å². The molecule has 1 aromatic rings. The van der Waals surface area contributed by atoms with Crippen LogP contribution in [0.4, 0.5) is 11.4 Å². The van der Waals surface area contributed by atoms with E-state index in [2.05, 4.69) is 20.8 Å². The number of anilines is 1. The van der Waals surface area contributed by atoms with E-state index in [1.54, 1.807) is 13.0 Å². The molecule has 0 saturated carbocycles. The number of nitro groups is 1. The molecule has 1 fully saturated rings. The summed E-state index contributed by atoms with van der Waals surface area (Å²) in [6.45, 7) is 3.86. The Labute approximate surface area is 109 Å². The zero-order chi connectivity index (χ0) is 12.4. The summed E-state index contributed by atoms with van der Waals surface area (Å²) in [5, 5.41) is 10.8.